The topological polar surface area (TPSA) is 61.4 Å². The van der Waals surface area contributed by atoms with E-state index in [0.29, 0.717) is 6.54 Å². The van der Waals surface area contributed by atoms with Crippen molar-refractivity contribution in [3.8, 4) is 0 Å². The first-order chi connectivity index (χ1) is 10.4. The number of carbonyl (C=O) groups is 2. The molecule has 1 saturated heterocycles. The SMILES string of the molecule is CC(C)(C)C(=O)NC1CCCN(C(=O)Nc2ccccc2)C1. The van der Waals surface area contributed by atoms with Gasteiger partial charge in [-0.05, 0) is 25.0 Å². The van der Waals surface area contributed by atoms with Crippen LogP contribution in [0, 0.1) is 5.41 Å². The number of urea groups is 1. The first kappa shape index (κ1) is 16.3. The van der Waals surface area contributed by atoms with E-state index < -0.39 is 5.41 Å². The maximum absolute atomic E-state index is 12.3. The Labute approximate surface area is 132 Å². The monoisotopic (exact) mass is 303 g/mol. The van der Waals surface area contributed by atoms with Crippen molar-refractivity contribution in [3.05, 3.63) is 30.3 Å². The fourth-order valence-electron chi connectivity index (χ4n) is 2.41. The van der Waals surface area contributed by atoms with Gasteiger partial charge in [-0.25, -0.2) is 4.79 Å². The van der Waals surface area contributed by atoms with Crippen LogP contribution in [-0.2, 0) is 4.79 Å². The number of amides is 3. The molecule has 5 nitrogen and oxygen atoms in total. The number of likely N-dealkylation sites (tertiary alicyclic amines) is 1. The quantitative estimate of drug-likeness (QED) is 0.882. The third-order valence-electron chi connectivity index (χ3n) is 3.75. The molecule has 1 aromatic rings. The fraction of sp³-hybridized carbons (Fsp3) is 0.529. The van der Waals surface area contributed by atoms with Crippen LogP contribution in [0.4, 0.5) is 10.5 Å². The number of rotatable bonds is 2. The van der Waals surface area contributed by atoms with Crippen LogP contribution in [-0.4, -0.2) is 36.0 Å². The van der Waals surface area contributed by atoms with Gasteiger partial charge in [-0.15, -0.1) is 0 Å². The van der Waals surface area contributed by atoms with Gasteiger partial charge in [0.15, 0.2) is 0 Å². The van der Waals surface area contributed by atoms with Gasteiger partial charge >= 0.3 is 6.03 Å². The maximum atomic E-state index is 12.3. The summed E-state index contributed by atoms with van der Waals surface area (Å²) >= 11 is 0. The molecule has 2 rings (SSSR count). The molecule has 0 saturated carbocycles. The molecule has 3 amide bonds. The van der Waals surface area contributed by atoms with E-state index in [0.717, 1.165) is 25.1 Å². The lowest BCUT2D eigenvalue weighted by atomic mass is 9.94. The molecule has 1 aliphatic rings. The van der Waals surface area contributed by atoms with E-state index in [1.54, 1.807) is 4.90 Å². The van der Waals surface area contributed by atoms with Gasteiger partial charge < -0.3 is 15.5 Å². The Morgan fingerprint density at radius 3 is 2.50 bits per heavy atom. The molecule has 1 unspecified atom stereocenters. The van der Waals surface area contributed by atoms with Gasteiger partial charge in [0, 0.05) is 30.2 Å². The molecule has 5 heteroatoms. The molecule has 1 heterocycles. The molecule has 1 aromatic carbocycles. The first-order valence-electron chi connectivity index (χ1n) is 7.78. The highest BCUT2D eigenvalue weighted by molar-refractivity contribution is 5.89. The van der Waals surface area contributed by atoms with Crippen molar-refractivity contribution in [1.29, 1.82) is 0 Å². The standard InChI is InChI=1S/C17H25N3O2/c1-17(2,3)15(21)18-14-10-7-11-20(12-14)16(22)19-13-8-5-4-6-9-13/h4-6,8-9,14H,7,10-12H2,1-3H3,(H,18,21)(H,19,22). The Hall–Kier alpha value is -2.04. The number of piperidine rings is 1. The van der Waals surface area contributed by atoms with E-state index in [9.17, 15) is 9.59 Å². The molecule has 120 valence electrons. The number of nitrogens with one attached hydrogen (secondary N) is 2. The summed E-state index contributed by atoms with van der Waals surface area (Å²) in [6.07, 6.45) is 1.81. The number of carbonyl (C=O) groups excluding carboxylic acids is 2. The fourth-order valence-corrected chi connectivity index (χ4v) is 2.41. The molecule has 1 fully saturated rings. The third-order valence-corrected chi connectivity index (χ3v) is 3.75. The van der Waals surface area contributed by atoms with Gasteiger partial charge in [0.1, 0.15) is 0 Å². The van der Waals surface area contributed by atoms with Gasteiger partial charge in [-0.3, -0.25) is 4.79 Å². The van der Waals surface area contributed by atoms with Crippen LogP contribution in [0.25, 0.3) is 0 Å². The van der Waals surface area contributed by atoms with Crippen LogP contribution in [0.15, 0.2) is 30.3 Å². The van der Waals surface area contributed by atoms with E-state index in [2.05, 4.69) is 10.6 Å². The van der Waals surface area contributed by atoms with Crippen molar-refractivity contribution in [2.45, 2.75) is 39.7 Å². The van der Waals surface area contributed by atoms with E-state index in [-0.39, 0.29) is 18.0 Å². The number of benzene rings is 1. The van der Waals surface area contributed by atoms with E-state index in [1.807, 2.05) is 51.1 Å². The second kappa shape index (κ2) is 6.81. The molecule has 1 aliphatic heterocycles. The van der Waals surface area contributed by atoms with Crippen LogP contribution < -0.4 is 10.6 Å². The second-order valence-corrected chi connectivity index (χ2v) is 6.80. The average molecular weight is 303 g/mol. The van der Waals surface area contributed by atoms with Crippen LogP contribution in [0.3, 0.4) is 0 Å². The molecule has 0 bridgehead atoms. The van der Waals surface area contributed by atoms with Crippen molar-refractivity contribution in [2.75, 3.05) is 18.4 Å². The summed E-state index contributed by atoms with van der Waals surface area (Å²) in [5.41, 5.74) is 0.377. The number of nitrogens with zero attached hydrogens (tertiary/aromatic N) is 1. The highest BCUT2D eigenvalue weighted by Gasteiger charge is 2.28. The third kappa shape index (κ3) is 4.48. The Bertz CT molecular complexity index is 522. The van der Waals surface area contributed by atoms with Crippen LogP contribution in [0.5, 0.6) is 0 Å². The van der Waals surface area contributed by atoms with E-state index in [1.165, 1.54) is 0 Å². The van der Waals surface area contributed by atoms with Gasteiger partial charge in [0.25, 0.3) is 0 Å². The summed E-state index contributed by atoms with van der Waals surface area (Å²) < 4.78 is 0. The second-order valence-electron chi connectivity index (χ2n) is 6.80. The predicted octanol–water partition coefficient (Wildman–Crippen LogP) is 2.85. The van der Waals surface area contributed by atoms with Gasteiger partial charge in [0.05, 0.1) is 0 Å². The molecule has 2 N–H and O–H groups in total. The Kier molecular flexibility index (Phi) is 5.06. The van der Waals surface area contributed by atoms with Gasteiger partial charge in [-0.2, -0.15) is 0 Å². The zero-order valence-corrected chi connectivity index (χ0v) is 13.6. The Morgan fingerprint density at radius 2 is 1.86 bits per heavy atom. The number of para-hydroxylation sites is 1. The Balaban J connectivity index is 1.90. The van der Waals surface area contributed by atoms with Crippen LogP contribution in [0.2, 0.25) is 0 Å². The van der Waals surface area contributed by atoms with Crippen LogP contribution >= 0.6 is 0 Å². The lowest BCUT2D eigenvalue weighted by Crippen LogP contribution is -2.52. The minimum absolute atomic E-state index is 0.0296. The molecule has 0 aromatic heterocycles. The van der Waals surface area contributed by atoms with Gasteiger partial charge in [-0.1, -0.05) is 39.0 Å². The first-order valence-corrected chi connectivity index (χ1v) is 7.78. The van der Waals surface area contributed by atoms with Crippen molar-refractivity contribution in [1.82, 2.24) is 10.2 Å². The smallest absolute Gasteiger partial charge is 0.321 e. The molecular formula is C17H25N3O2. The molecule has 1 atom stereocenters. The molecule has 0 aliphatic carbocycles. The van der Waals surface area contributed by atoms with Crippen molar-refractivity contribution in [3.63, 3.8) is 0 Å². The van der Waals surface area contributed by atoms with Crippen molar-refractivity contribution < 1.29 is 9.59 Å². The predicted molar refractivity (Wildman–Crippen MR) is 87.7 cm³/mol. The molecular weight excluding hydrogens is 278 g/mol. The number of anilines is 1. The normalized spacial score (nSPS) is 18.7. The lowest BCUT2D eigenvalue weighted by Gasteiger charge is -2.34. The zero-order chi connectivity index (χ0) is 16.2. The highest BCUT2D eigenvalue weighted by atomic mass is 16.2. The maximum Gasteiger partial charge on any atom is 0.321 e. The number of hydrogen-bond donors (Lipinski definition) is 2. The lowest BCUT2D eigenvalue weighted by molar-refractivity contribution is -0.129. The van der Waals surface area contributed by atoms with Gasteiger partial charge in [0.2, 0.25) is 5.91 Å². The summed E-state index contributed by atoms with van der Waals surface area (Å²) in [4.78, 5) is 26.1. The minimum atomic E-state index is -0.408. The van der Waals surface area contributed by atoms with Crippen LogP contribution in [0.1, 0.15) is 33.6 Å². The minimum Gasteiger partial charge on any atom is -0.351 e. The molecule has 0 spiro atoms. The summed E-state index contributed by atoms with van der Waals surface area (Å²) in [6, 6.07) is 9.33. The summed E-state index contributed by atoms with van der Waals surface area (Å²) in [7, 11) is 0. The molecule has 22 heavy (non-hydrogen) atoms. The largest absolute Gasteiger partial charge is 0.351 e. The van der Waals surface area contributed by atoms with E-state index >= 15 is 0 Å². The average Bonchev–Trinajstić information content (AvgIpc) is 2.47. The van der Waals surface area contributed by atoms with Crippen molar-refractivity contribution in [2.24, 2.45) is 5.41 Å². The summed E-state index contributed by atoms with van der Waals surface area (Å²) in [5, 5.41) is 5.94. The Morgan fingerprint density at radius 1 is 1.18 bits per heavy atom. The van der Waals surface area contributed by atoms with Crippen molar-refractivity contribution >= 4 is 17.6 Å². The molecule has 0 radical (unpaired) electrons. The summed E-state index contributed by atoms with van der Waals surface area (Å²) in [5.74, 6) is 0.0304. The zero-order valence-electron chi connectivity index (χ0n) is 13.6. The highest BCUT2D eigenvalue weighted by Crippen LogP contribution is 2.17. The van der Waals surface area contributed by atoms with E-state index in [4.69, 9.17) is 0 Å². The summed E-state index contributed by atoms with van der Waals surface area (Å²) in [6.45, 7) is 6.96. The number of hydrogen-bond acceptors (Lipinski definition) is 2.